The van der Waals surface area contributed by atoms with Gasteiger partial charge in [0.2, 0.25) is 0 Å². The minimum atomic E-state index is 0. The summed E-state index contributed by atoms with van der Waals surface area (Å²) >= 11 is 0. The van der Waals surface area contributed by atoms with E-state index >= 15 is 0 Å². The molecule has 6 heteroatoms. The van der Waals surface area contributed by atoms with Gasteiger partial charge in [-0.1, -0.05) is 13.0 Å². The smallest absolute Gasteiger partial charge is 0.191 e. The third kappa shape index (κ3) is 6.63. The number of hydrogen-bond donors (Lipinski definition) is 2. The molecule has 0 aliphatic carbocycles. The minimum Gasteiger partial charge on any atom is -0.357 e. The lowest BCUT2D eigenvalue weighted by molar-refractivity contribution is 0.267. The molecule has 0 amide bonds. The summed E-state index contributed by atoms with van der Waals surface area (Å²) in [6, 6.07) is 6.70. The fourth-order valence-corrected chi connectivity index (χ4v) is 2.95. The molecule has 130 valence electrons. The number of pyridine rings is 1. The predicted octanol–water partition coefficient (Wildman–Crippen LogP) is 2.55. The summed E-state index contributed by atoms with van der Waals surface area (Å²) in [6.07, 6.45) is 2.58. The van der Waals surface area contributed by atoms with Crippen LogP contribution in [0.25, 0.3) is 0 Å². The summed E-state index contributed by atoms with van der Waals surface area (Å²) in [5.74, 6) is 0.883. The first-order chi connectivity index (χ1) is 10.7. The molecule has 1 saturated heterocycles. The maximum atomic E-state index is 4.65. The van der Waals surface area contributed by atoms with Crippen molar-refractivity contribution in [2.75, 3.05) is 26.2 Å². The third-order valence-corrected chi connectivity index (χ3v) is 4.10. The minimum absolute atomic E-state index is 0. The van der Waals surface area contributed by atoms with Crippen molar-refractivity contribution in [1.29, 1.82) is 0 Å². The molecule has 0 saturated carbocycles. The molecule has 0 aromatic carbocycles. The topological polar surface area (TPSA) is 52.6 Å². The monoisotopic (exact) mass is 431 g/mol. The Kier molecular flexibility index (Phi) is 9.47. The highest BCUT2D eigenvalue weighted by Crippen LogP contribution is 2.15. The van der Waals surface area contributed by atoms with Gasteiger partial charge in [0.25, 0.3) is 0 Å². The fraction of sp³-hybridized carbons (Fsp3) is 0.647. The van der Waals surface area contributed by atoms with Crippen LogP contribution >= 0.6 is 24.0 Å². The van der Waals surface area contributed by atoms with Crippen molar-refractivity contribution >= 4 is 29.9 Å². The lowest BCUT2D eigenvalue weighted by Crippen LogP contribution is -2.44. The Morgan fingerprint density at radius 1 is 1.35 bits per heavy atom. The van der Waals surface area contributed by atoms with E-state index in [1.165, 1.54) is 19.4 Å². The first kappa shape index (κ1) is 20.2. The number of halogens is 1. The van der Waals surface area contributed by atoms with Crippen molar-refractivity contribution < 1.29 is 0 Å². The molecule has 1 unspecified atom stereocenters. The molecule has 1 atom stereocenters. The number of aromatic nitrogens is 1. The number of aryl methyl sites for hydroxylation is 1. The van der Waals surface area contributed by atoms with E-state index in [1.54, 1.807) is 0 Å². The molecule has 2 N–H and O–H groups in total. The molecule has 1 aromatic rings. The van der Waals surface area contributed by atoms with E-state index in [0.717, 1.165) is 37.0 Å². The molecule has 23 heavy (non-hydrogen) atoms. The Hall–Kier alpha value is -0.890. The van der Waals surface area contributed by atoms with Gasteiger partial charge >= 0.3 is 0 Å². The van der Waals surface area contributed by atoms with Gasteiger partial charge in [-0.15, -0.1) is 24.0 Å². The number of hydrogen-bond acceptors (Lipinski definition) is 3. The second-order valence-electron chi connectivity index (χ2n) is 5.77. The summed E-state index contributed by atoms with van der Waals surface area (Å²) in [5, 5.41) is 6.80. The van der Waals surface area contributed by atoms with Crippen LogP contribution in [-0.2, 0) is 6.54 Å². The maximum Gasteiger partial charge on any atom is 0.191 e. The Bertz CT molecular complexity index is 492. The van der Waals surface area contributed by atoms with Crippen molar-refractivity contribution in [2.45, 2.75) is 46.2 Å². The average Bonchev–Trinajstić information content (AvgIpc) is 2.97. The van der Waals surface area contributed by atoms with Crippen LogP contribution in [0.4, 0.5) is 0 Å². The summed E-state index contributed by atoms with van der Waals surface area (Å²) in [4.78, 5) is 11.7. The zero-order valence-corrected chi connectivity index (χ0v) is 16.8. The molecule has 1 fully saturated rings. The van der Waals surface area contributed by atoms with E-state index in [2.05, 4.69) is 39.4 Å². The fourth-order valence-electron chi connectivity index (χ4n) is 2.95. The van der Waals surface area contributed by atoms with Crippen molar-refractivity contribution in [3.8, 4) is 0 Å². The van der Waals surface area contributed by atoms with Gasteiger partial charge < -0.3 is 10.6 Å². The maximum absolute atomic E-state index is 4.65. The number of nitrogens with zero attached hydrogens (tertiary/aromatic N) is 3. The Morgan fingerprint density at radius 2 is 2.17 bits per heavy atom. The van der Waals surface area contributed by atoms with Crippen LogP contribution in [0.15, 0.2) is 23.2 Å². The van der Waals surface area contributed by atoms with Gasteiger partial charge in [0, 0.05) is 24.8 Å². The third-order valence-electron chi connectivity index (χ3n) is 4.10. The zero-order valence-electron chi connectivity index (χ0n) is 14.5. The van der Waals surface area contributed by atoms with E-state index in [9.17, 15) is 0 Å². The van der Waals surface area contributed by atoms with Gasteiger partial charge in [0.1, 0.15) is 0 Å². The van der Waals surface area contributed by atoms with E-state index in [-0.39, 0.29) is 24.0 Å². The summed E-state index contributed by atoms with van der Waals surface area (Å²) in [7, 11) is 0. The lowest BCUT2D eigenvalue weighted by atomic mass is 10.2. The van der Waals surface area contributed by atoms with E-state index < -0.39 is 0 Å². The lowest BCUT2D eigenvalue weighted by Gasteiger charge is -2.23. The van der Waals surface area contributed by atoms with Crippen molar-refractivity contribution in [3.63, 3.8) is 0 Å². The average molecular weight is 431 g/mol. The number of nitrogens with one attached hydrogen (secondary N) is 2. The highest BCUT2D eigenvalue weighted by atomic mass is 127. The number of rotatable bonds is 6. The van der Waals surface area contributed by atoms with Gasteiger partial charge in [0.15, 0.2) is 5.96 Å². The first-order valence-corrected chi connectivity index (χ1v) is 8.41. The van der Waals surface area contributed by atoms with Crippen LogP contribution in [0.5, 0.6) is 0 Å². The van der Waals surface area contributed by atoms with Crippen LogP contribution in [0.2, 0.25) is 0 Å². The van der Waals surface area contributed by atoms with Gasteiger partial charge in [-0.3, -0.25) is 9.88 Å². The van der Waals surface area contributed by atoms with Gasteiger partial charge in [-0.05, 0) is 51.9 Å². The molecule has 0 spiro atoms. The van der Waals surface area contributed by atoms with Crippen LogP contribution in [-0.4, -0.2) is 48.1 Å². The highest BCUT2D eigenvalue weighted by molar-refractivity contribution is 14.0. The van der Waals surface area contributed by atoms with Crippen molar-refractivity contribution in [3.05, 3.63) is 29.6 Å². The number of aliphatic imine (C=N–C) groups is 1. The summed E-state index contributed by atoms with van der Waals surface area (Å²) < 4.78 is 0. The predicted molar refractivity (Wildman–Crippen MR) is 107 cm³/mol. The van der Waals surface area contributed by atoms with Crippen molar-refractivity contribution in [2.24, 2.45) is 4.99 Å². The highest BCUT2D eigenvalue weighted by Gasteiger charge is 2.22. The normalized spacial score (nSPS) is 18.6. The van der Waals surface area contributed by atoms with Crippen LogP contribution in [0.3, 0.4) is 0 Å². The molecule has 1 aliphatic heterocycles. The summed E-state index contributed by atoms with van der Waals surface area (Å²) in [5.41, 5.74) is 2.04. The van der Waals surface area contributed by atoms with Gasteiger partial charge in [-0.2, -0.15) is 0 Å². The van der Waals surface area contributed by atoms with Crippen LogP contribution in [0.1, 0.15) is 38.1 Å². The molecule has 1 aromatic heterocycles. The standard InChI is InChI=1S/C17H29N5.HI/c1-4-18-17(19-12-15-9-6-8-14(3)21-15)20-13-16-10-7-11-22(16)5-2;/h6,8-9,16H,4-5,7,10-13H2,1-3H3,(H2,18,19,20);1H. The van der Waals surface area contributed by atoms with E-state index in [1.807, 2.05) is 25.1 Å². The van der Waals surface area contributed by atoms with Crippen LogP contribution < -0.4 is 10.6 Å². The number of guanidine groups is 1. The SMILES string of the molecule is CCNC(=NCc1cccc(C)n1)NCC1CCCN1CC.I. The zero-order chi connectivity index (χ0) is 15.8. The Morgan fingerprint density at radius 3 is 2.87 bits per heavy atom. The second kappa shape index (κ2) is 10.8. The summed E-state index contributed by atoms with van der Waals surface area (Å²) in [6.45, 7) is 11.1. The van der Waals surface area contributed by atoms with Gasteiger partial charge in [-0.25, -0.2) is 4.99 Å². The number of likely N-dealkylation sites (tertiary alicyclic amines) is 1. The largest absolute Gasteiger partial charge is 0.357 e. The molecule has 2 heterocycles. The quantitative estimate of drug-likeness (QED) is 0.413. The molecule has 0 radical (unpaired) electrons. The Balaban J connectivity index is 0.00000264. The van der Waals surface area contributed by atoms with Crippen LogP contribution in [0, 0.1) is 6.92 Å². The van der Waals surface area contributed by atoms with Crippen molar-refractivity contribution in [1.82, 2.24) is 20.5 Å². The Labute approximate surface area is 157 Å². The number of likely N-dealkylation sites (N-methyl/N-ethyl adjacent to an activating group) is 1. The molecular weight excluding hydrogens is 401 g/mol. The van der Waals surface area contributed by atoms with E-state index in [4.69, 9.17) is 0 Å². The van der Waals surface area contributed by atoms with E-state index in [0.29, 0.717) is 12.6 Å². The molecule has 5 nitrogen and oxygen atoms in total. The second-order valence-corrected chi connectivity index (χ2v) is 5.77. The molecule has 2 rings (SSSR count). The van der Waals surface area contributed by atoms with Gasteiger partial charge in [0.05, 0.1) is 12.2 Å². The first-order valence-electron chi connectivity index (χ1n) is 8.41. The molecule has 1 aliphatic rings. The molecular formula is C17H30IN5. The molecule has 0 bridgehead atoms.